The van der Waals surface area contributed by atoms with Gasteiger partial charge >= 0.3 is 0 Å². The molecule has 1 aliphatic heterocycles. The number of aryl methyl sites for hydroxylation is 1. The molecule has 21 heavy (non-hydrogen) atoms. The Morgan fingerprint density at radius 2 is 2.00 bits per heavy atom. The first kappa shape index (κ1) is 15.8. The van der Waals surface area contributed by atoms with Crippen molar-refractivity contribution in [2.24, 2.45) is 11.7 Å². The van der Waals surface area contributed by atoms with Gasteiger partial charge in [0.25, 0.3) is 0 Å². The maximum atomic E-state index is 12.8. The maximum absolute atomic E-state index is 12.8. The largest absolute Gasteiger partial charge is 0.399 e. The van der Waals surface area contributed by atoms with Crippen LogP contribution in [0, 0.1) is 12.8 Å². The van der Waals surface area contributed by atoms with E-state index in [2.05, 4.69) is 0 Å². The fraction of sp³-hybridized carbons (Fsp3) is 0.500. The number of primary amides is 1. The van der Waals surface area contributed by atoms with Crippen LogP contribution in [0.2, 0.25) is 0 Å². The fourth-order valence-corrected chi connectivity index (χ4v) is 4.38. The Balaban J connectivity index is 2.36. The highest BCUT2D eigenvalue weighted by atomic mass is 32.2. The van der Waals surface area contributed by atoms with E-state index < -0.39 is 21.8 Å². The van der Waals surface area contributed by atoms with Gasteiger partial charge in [0.15, 0.2) is 0 Å². The van der Waals surface area contributed by atoms with Crippen molar-refractivity contribution in [2.75, 3.05) is 12.3 Å². The highest BCUT2D eigenvalue weighted by molar-refractivity contribution is 7.89. The normalized spacial score (nSPS) is 23.9. The first-order valence-corrected chi connectivity index (χ1v) is 8.34. The van der Waals surface area contributed by atoms with Crippen molar-refractivity contribution in [1.82, 2.24) is 4.31 Å². The van der Waals surface area contributed by atoms with E-state index in [-0.39, 0.29) is 17.5 Å². The van der Waals surface area contributed by atoms with Gasteiger partial charge in [-0.2, -0.15) is 4.31 Å². The van der Waals surface area contributed by atoms with E-state index >= 15 is 0 Å². The molecule has 7 heteroatoms. The molecule has 0 aliphatic carbocycles. The summed E-state index contributed by atoms with van der Waals surface area (Å²) in [5.74, 6) is -0.874. The van der Waals surface area contributed by atoms with Crippen LogP contribution in [-0.2, 0) is 14.8 Å². The minimum Gasteiger partial charge on any atom is -0.399 e. The molecule has 2 rings (SSSR count). The first-order chi connectivity index (χ1) is 9.73. The summed E-state index contributed by atoms with van der Waals surface area (Å²) in [6.07, 6.45) is 1.25. The third-order valence-electron chi connectivity index (χ3n) is 4.08. The zero-order valence-corrected chi connectivity index (χ0v) is 13.1. The van der Waals surface area contributed by atoms with E-state index in [0.29, 0.717) is 24.1 Å². The molecular weight excluding hydrogens is 290 g/mol. The van der Waals surface area contributed by atoms with Crippen LogP contribution in [-0.4, -0.2) is 31.2 Å². The lowest BCUT2D eigenvalue weighted by molar-refractivity contribution is -0.123. The Labute approximate surface area is 125 Å². The minimum atomic E-state index is -3.65. The average Bonchev–Trinajstić information content (AvgIpc) is 2.41. The van der Waals surface area contributed by atoms with Crippen LogP contribution >= 0.6 is 0 Å². The van der Waals surface area contributed by atoms with Gasteiger partial charge in [0.2, 0.25) is 15.9 Å². The van der Waals surface area contributed by atoms with E-state index in [9.17, 15) is 13.2 Å². The second-order valence-electron chi connectivity index (χ2n) is 5.62. The van der Waals surface area contributed by atoms with Crippen molar-refractivity contribution >= 4 is 21.6 Å². The lowest BCUT2D eigenvalue weighted by Crippen LogP contribution is -2.48. The second-order valence-corrected chi connectivity index (χ2v) is 7.51. The number of benzene rings is 1. The van der Waals surface area contributed by atoms with Crippen LogP contribution in [0.25, 0.3) is 0 Å². The van der Waals surface area contributed by atoms with Gasteiger partial charge in [-0.05, 0) is 50.5 Å². The minimum absolute atomic E-state index is 0.141. The molecular formula is C14H21N3O3S. The van der Waals surface area contributed by atoms with E-state index in [1.807, 2.05) is 6.92 Å². The van der Waals surface area contributed by atoms with Gasteiger partial charge in [-0.1, -0.05) is 0 Å². The molecule has 6 nitrogen and oxygen atoms in total. The number of sulfonamides is 1. The Bertz CT molecular complexity index is 657. The molecule has 1 heterocycles. The molecule has 0 saturated carbocycles. The predicted molar refractivity (Wildman–Crippen MR) is 80.9 cm³/mol. The maximum Gasteiger partial charge on any atom is 0.243 e. The fourth-order valence-electron chi connectivity index (χ4n) is 2.59. The third-order valence-corrected chi connectivity index (χ3v) is 6.05. The summed E-state index contributed by atoms with van der Waals surface area (Å²) in [7, 11) is -3.65. The summed E-state index contributed by atoms with van der Waals surface area (Å²) in [6.45, 7) is 3.75. The summed E-state index contributed by atoms with van der Waals surface area (Å²) < 4.78 is 26.9. The standard InChI is InChI=1S/C14H21N3O3S/c1-9-7-12(5-6-13(9)15)21(19,20)17-8-11(14(16)18)4-3-10(17)2/h5-7,10-11H,3-4,8,15H2,1-2H3,(H2,16,18). The molecule has 1 fully saturated rings. The van der Waals surface area contributed by atoms with Crippen LogP contribution in [0.4, 0.5) is 5.69 Å². The van der Waals surface area contributed by atoms with Crippen molar-refractivity contribution in [3.8, 4) is 0 Å². The van der Waals surface area contributed by atoms with Crippen molar-refractivity contribution in [3.63, 3.8) is 0 Å². The molecule has 0 aromatic heterocycles. The monoisotopic (exact) mass is 311 g/mol. The highest BCUT2D eigenvalue weighted by Crippen LogP contribution is 2.29. The van der Waals surface area contributed by atoms with Crippen LogP contribution in [0.1, 0.15) is 25.3 Å². The van der Waals surface area contributed by atoms with Crippen molar-refractivity contribution in [1.29, 1.82) is 0 Å². The average molecular weight is 311 g/mol. The lowest BCUT2D eigenvalue weighted by atomic mass is 9.95. The number of nitrogens with zero attached hydrogens (tertiary/aromatic N) is 1. The van der Waals surface area contributed by atoms with Gasteiger partial charge < -0.3 is 11.5 Å². The topological polar surface area (TPSA) is 106 Å². The van der Waals surface area contributed by atoms with Gasteiger partial charge in [0.05, 0.1) is 10.8 Å². The lowest BCUT2D eigenvalue weighted by Gasteiger charge is -2.35. The molecule has 1 saturated heterocycles. The van der Waals surface area contributed by atoms with E-state index in [4.69, 9.17) is 11.5 Å². The molecule has 4 N–H and O–H groups in total. The summed E-state index contributed by atoms with van der Waals surface area (Å²) >= 11 is 0. The van der Waals surface area contributed by atoms with Crippen molar-refractivity contribution < 1.29 is 13.2 Å². The van der Waals surface area contributed by atoms with Gasteiger partial charge in [-0.3, -0.25) is 4.79 Å². The van der Waals surface area contributed by atoms with Crippen LogP contribution in [0.15, 0.2) is 23.1 Å². The molecule has 2 atom stereocenters. The van der Waals surface area contributed by atoms with Crippen molar-refractivity contribution in [2.45, 2.75) is 37.6 Å². The number of piperidine rings is 1. The Kier molecular flexibility index (Phi) is 4.25. The number of hydrogen-bond acceptors (Lipinski definition) is 4. The molecule has 0 radical (unpaired) electrons. The number of carbonyl (C=O) groups is 1. The number of hydrogen-bond donors (Lipinski definition) is 2. The number of carbonyl (C=O) groups excluding carboxylic acids is 1. The SMILES string of the molecule is Cc1cc(S(=O)(=O)N2CC(C(N)=O)CCC2C)ccc1N. The Hall–Kier alpha value is -1.60. The number of amides is 1. The molecule has 1 amide bonds. The van der Waals surface area contributed by atoms with Gasteiger partial charge in [-0.15, -0.1) is 0 Å². The Morgan fingerprint density at radius 3 is 2.57 bits per heavy atom. The molecule has 0 spiro atoms. The third kappa shape index (κ3) is 3.03. The number of anilines is 1. The van der Waals surface area contributed by atoms with Gasteiger partial charge in [-0.25, -0.2) is 8.42 Å². The molecule has 2 unspecified atom stereocenters. The van der Waals surface area contributed by atoms with Crippen LogP contribution in [0.5, 0.6) is 0 Å². The highest BCUT2D eigenvalue weighted by Gasteiger charge is 2.36. The number of rotatable bonds is 3. The zero-order valence-electron chi connectivity index (χ0n) is 12.2. The van der Waals surface area contributed by atoms with Gasteiger partial charge in [0.1, 0.15) is 0 Å². The summed E-state index contributed by atoms with van der Waals surface area (Å²) in [5.41, 5.74) is 12.3. The smallest absolute Gasteiger partial charge is 0.243 e. The molecule has 116 valence electrons. The quantitative estimate of drug-likeness (QED) is 0.807. The van der Waals surface area contributed by atoms with E-state index in [0.717, 1.165) is 0 Å². The zero-order chi connectivity index (χ0) is 15.8. The molecule has 1 aromatic carbocycles. The molecule has 1 aromatic rings. The predicted octanol–water partition coefficient (Wildman–Crippen LogP) is 0.852. The van der Waals surface area contributed by atoms with Crippen molar-refractivity contribution in [3.05, 3.63) is 23.8 Å². The number of nitrogens with two attached hydrogens (primary N) is 2. The van der Waals surface area contributed by atoms with E-state index in [1.54, 1.807) is 19.1 Å². The second kappa shape index (κ2) is 5.65. The molecule has 1 aliphatic rings. The molecule has 0 bridgehead atoms. The summed E-state index contributed by atoms with van der Waals surface area (Å²) in [4.78, 5) is 11.6. The van der Waals surface area contributed by atoms with Crippen LogP contribution < -0.4 is 11.5 Å². The summed E-state index contributed by atoms with van der Waals surface area (Å²) in [5, 5.41) is 0. The van der Waals surface area contributed by atoms with Crippen LogP contribution in [0.3, 0.4) is 0 Å². The Morgan fingerprint density at radius 1 is 1.33 bits per heavy atom. The van der Waals surface area contributed by atoms with E-state index in [1.165, 1.54) is 10.4 Å². The van der Waals surface area contributed by atoms with Gasteiger partial charge in [0, 0.05) is 18.3 Å². The number of nitrogen functional groups attached to an aromatic ring is 1. The first-order valence-electron chi connectivity index (χ1n) is 6.90. The summed E-state index contributed by atoms with van der Waals surface area (Å²) in [6, 6.07) is 4.50.